The minimum absolute atomic E-state index is 0.240. The summed E-state index contributed by atoms with van der Waals surface area (Å²) in [6.07, 6.45) is 3.51. The van der Waals surface area contributed by atoms with Gasteiger partial charge in [-0.05, 0) is 55.3 Å². The topological polar surface area (TPSA) is 26.0 Å². The molecule has 1 aliphatic rings. The standard InChI is InChI=1S/C12H15F2N/c13-9-6-11-8(4-5-15)2-1-3-10(11)12(14)7-9/h6-8H,1-5,15H2. The predicted octanol–water partition coefficient (Wildman–Crippen LogP) is 2.73. The fourth-order valence-electron chi connectivity index (χ4n) is 2.43. The molecule has 1 aromatic carbocycles. The molecule has 82 valence electrons. The second-order valence-electron chi connectivity index (χ2n) is 4.12. The Balaban J connectivity index is 2.41. The number of rotatable bonds is 2. The van der Waals surface area contributed by atoms with Gasteiger partial charge < -0.3 is 5.73 Å². The Morgan fingerprint density at radius 1 is 1.33 bits per heavy atom. The Morgan fingerprint density at radius 3 is 2.87 bits per heavy atom. The van der Waals surface area contributed by atoms with Crippen molar-refractivity contribution in [2.24, 2.45) is 5.73 Å². The van der Waals surface area contributed by atoms with Crippen LogP contribution in [0.25, 0.3) is 0 Å². The van der Waals surface area contributed by atoms with Crippen molar-refractivity contribution in [2.45, 2.75) is 31.6 Å². The maximum atomic E-state index is 13.5. The summed E-state index contributed by atoms with van der Waals surface area (Å²) in [4.78, 5) is 0. The van der Waals surface area contributed by atoms with Gasteiger partial charge in [-0.2, -0.15) is 0 Å². The summed E-state index contributed by atoms with van der Waals surface area (Å²) in [5.74, 6) is -0.633. The summed E-state index contributed by atoms with van der Waals surface area (Å²) in [7, 11) is 0. The van der Waals surface area contributed by atoms with Crippen molar-refractivity contribution in [1.82, 2.24) is 0 Å². The van der Waals surface area contributed by atoms with Crippen molar-refractivity contribution in [3.8, 4) is 0 Å². The first-order chi connectivity index (χ1) is 7.22. The minimum Gasteiger partial charge on any atom is -0.330 e. The van der Waals surface area contributed by atoms with E-state index in [1.807, 2.05) is 0 Å². The van der Waals surface area contributed by atoms with E-state index in [0.29, 0.717) is 12.1 Å². The van der Waals surface area contributed by atoms with E-state index in [1.54, 1.807) is 0 Å². The lowest BCUT2D eigenvalue weighted by Crippen LogP contribution is -2.15. The molecule has 0 radical (unpaired) electrons. The lowest BCUT2D eigenvalue weighted by Gasteiger charge is -2.25. The Morgan fingerprint density at radius 2 is 2.13 bits per heavy atom. The number of nitrogens with two attached hydrogens (primary N) is 1. The van der Waals surface area contributed by atoms with Crippen LogP contribution in [0.4, 0.5) is 8.78 Å². The van der Waals surface area contributed by atoms with Crippen LogP contribution < -0.4 is 5.73 Å². The van der Waals surface area contributed by atoms with Crippen molar-refractivity contribution < 1.29 is 8.78 Å². The van der Waals surface area contributed by atoms with Gasteiger partial charge in [0.15, 0.2) is 0 Å². The van der Waals surface area contributed by atoms with Gasteiger partial charge in [-0.1, -0.05) is 0 Å². The van der Waals surface area contributed by atoms with Gasteiger partial charge in [-0.15, -0.1) is 0 Å². The second kappa shape index (κ2) is 4.27. The van der Waals surface area contributed by atoms with Gasteiger partial charge in [0, 0.05) is 6.07 Å². The van der Waals surface area contributed by atoms with E-state index in [-0.39, 0.29) is 5.92 Å². The Bertz CT molecular complexity index is 363. The fraction of sp³-hybridized carbons (Fsp3) is 0.500. The summed E-state index contributed by atoms with van der Waals surface area (Å²) in [6, 6.07) is 2.45. The molecule has 1 unspecified atom stereocenters. The zero-order chi connectivity index (χ0) is 10.8. The molecule has 15 heavy (non-hydrogen) atoms. The maximum Gasteiger partial charge on any atom is 0.129 e. The number of hydrogen-bond donors (Lipinski definition) is 1. The minimum atomic E-state index is -0.477. The number of hydrogen-bond acceptors (Lipinski definition) is 1. The van der Waals surface area contributed by atoms with Crippen LogP contribution in [0.3, 0.4) is 0 Å². The highest BCUT2D eigenvalue weighted by molar-refractivity contribution is 5.34. The molecule has 3 heteroatoms. The second-order valence-corrected chi connectivity index (χ2v) is 4.12. The highest BCUT2D eigenvalue weighted by Crippen LogP contribution is 2.35. The molecule has 0 saturated heterocycles. The monoisotopic (exact) mass is 211 g/mol. The molecule has 0 bridgehead atoms. The van der Waals surface area contributed by atoms with E-state index >= 15 is 0 Å². The maximum absolute atomic E-state index is 13.5. The van der Waals surface area contributed by atoms with Crippen molar-refractivity contribution >= 4 is 0 Å². The average molecular weight is 211 g/mol. The van der Waals surface area contributed by atoms with Crippen molar-refractivity contribution in [3.05, 3.63) is 34.9 Å². The molecule has 1 nitrogen and oxygen atoms in total. The molecule has 2 rings (SSSR count). The first-order valence-corrected chi connectivity index (χ1v) is 5.40. The quantitative estimate of drug-likeness (QED) is 0.799. The van der Waals surface area contributed by atoms with Gasteiger partial charge in [0.1, 0.15) is 11.6 Å². The van der Waals surface area contributed by atoms with Crippen LogP contribution in [0.15, 0.2) is 12.1 Å². The Labute approximate surface area is 88.3 Å². The van der Waals surface area contributed by atoms with Gasteiger partial charge in [0.25, 0.3) is 0 Å². The van der Waals surface area contributed by atoms with Gasteiger partial charge in [0.05, 0.1) is 0 Å². The summed E-state index contributed by atoms with van der Waals surface area (Å²) >= 11 is 0. The molecule has 0 aromatic heterocycles. The van der Waals surface area contributed by atoms with E-state index in [2.05, 4.69) is 0 Å². The molecule has 0 heterocycles. The van der Waals surface area contributed by atoms with E-state index in [4.69, 9.17) is 5.73 Å². The summed E-state index contributed by atoms with van der Waals surface area (Å²) in [6.45, 7) is 0.572. The SMILES string of the molecule is NCCC1CCCc2c(F)cc(F)cc21. The highest BCUT2D eigenvalue weighted by Gasteiger charge is 2.22. The molecule has 0 saturated carbocycles. The summed E-state index contributed by atoms with van der Waals surface area (Å²) < 4.78 is 26.6. The Hall–Kier alpha value is -0.960. The van der Waals surface area contributed by atoms with Crippen LogP contribution in [0.5, 0.6) is 0 Å². The largest absolute Gasteiger partial charge is 0.330 e. The Kier molecular flexibility index (Phi) is 3.00. The van der Waals surface area contributed by atoms with Crippen LogP contribution >= 0.6 is 0 Å². The van der Waals surface area contributed by atoms with Crippen molar-refractivity contribution in [3.63, 3.8) is 0 Å². The van der Waals surface area contributed by atoms with E-state index in [0.717, 1.165) is 37.3 Å². The van der Waals surface area contributed by atoms with E-state index in [1.165, 1.54) is 6.07 Å². The molecule has 2 N–H and O–H groups in total. The smallest absolute Gasteiger partial charge is 0.129 e. The zero-order valence-electron chi connectivity index (χ0n) is 8.60. The predicted molar refractivity (Wildman–Crippen MR) is 55.7 cm³/mol. The first kappa shape index (κ1) is 10.6. The molecule has 0 spiro atoms. The molecule has 0 fully saturated rings. The van der Waals surface area contributed by atoms with Crippen LogP contribution in [0.1, 0.15) is 36.3 Å². The van der Waals surface area contributed by atoms with Crippen LogP contribution in [0, 0.1) is 11.6 Å². The molecule has 0 amide bonds. The van der Waals surface area contributed by atoms with E-state index < -0.39 is 11.6 Å². The van der Waals surface area contributed by atoms with Crippen LogP contribution in [-0.2, 0) is 6.42 Å². The number of fused-ring (bicyclic) bond motifs is 1. The summed E-state index contributed by atoms with van der Waals surface area (Å²) in [5, 5.41) is 0. The number of halogens is 2. The zero-order valence-corrected chi connectivity index (χ0v) is 8.60. The molecule has 1 aliphatic carbocycles. The fourth-order valence-corrected chi connectivity index (χ4v) is 2.43. The first-order valence-electron chi connectivity index (χ1n) is 5.40. The average Bonchev–Trinajstić information content (AvgIpc) is 2.19. The third-order valence-electron chi connectivity index (χ3n) is 3.13. The third-order valence-corrected chi connectivity index (χ3v) is 3.13. The van der Waals surface area contributed by atoms with Gasteiger partial charge in [-0.3, -0.25) is 0 Å². The summed E-state index contributed by atoms with van der Waals surface area (Å²) in [5.41, 5.74) is 7.04. The lowest BCUT2D eigenvalue weighted by molar-refractivity contribution is 0.491. The van der Waals surface area contributed by atoms with Crippen LogP contribution in [0.2, 0.25) is 0 Å². The van der Waals surface area contributed by atoms with Gasteiger partial charge >= 0.3 is 0 Å². The van der Waals surface area contributed by atoms with E-state index in [9.17, 15) is 8.78 Å². The third kappa shape index (κ3) is 2.02. The molecule has 1 aromatic rings. The van der Waals surface area contributed by atoms with Gasteiger partial charge in [0.2, 0.25) is 0 Å². The van der Waals surface area contributed by atoms with Crippen molar-refractivity contribution in [1.29, 1.82) is 0 Å². The molecule has 1 atom stereocenters. The molecule has 0 aliphatic heterocycles. The lowest BCUT2D eigenvalue weighted by atomic mass is 9.81. The van der Waals surface area contributed by atoms with Gasteiger partial charge in [-0.25, -0.2) is 8.78 Å². The molecular formula is C12H15F2N. The van der Waals surface area contributed by atoms with Crippen molar-refractivity contribution in [2.75, 3.05) is 6.54 Å². The molecular weight excluding hydrogens is 196 g/mol. The highest BCUT2D eigenvalue weighted by atomic mass is 19.1. The van der Waals surface area contributed by atoms with Crippen LogP contribution in [-0.4, -0.2) is 6.54 Å². The normalized spacial score (nSPS) is 20.1. The number of benzene rings is 1.